The lowest BCUT2D eigenvalue weighted by Gasteiger charge is -2.25. The van der Waals surface area contributed by atoms with Gasteiger partial charge in [-0.3, -0.25) is 19.5 Å². The summed E-state index contributed by atoms with van der Waals surface area (Å²) in [5, 5.41) is 11.0. The molecule has 1 aromatic heterocycles. The van der Waals surface area contributed by atoms with Crippen molar-refractivity contribution in [3.05, 3.63) is 93.7 Å². The molecule has 162 valence electrons. The molecule has 0 spiro atoms. The first-order valence-electron chi connectivity index (χ1n) is 9.33. The predicted octanol–water partition coefficient (Wildman–Crippen LogP) is 4.76. The predicted molar refractivity (Wildman–Crippen MR) is 116 cm³/mol. The summed E-state index contributed by atoms with van der Waals surface area (Å²) in [5.41, 5.74) is -0.131. The van der Waals surface area contributed by atoms with Crippen LogP contribution >= 0.6 is 15.9 Å². The standard InChI is InChI=1S/C23H15BrF2N2O4/c1-32-18-7-4-12(9-15(18)24)21(29)19-20(13-3-2-8-27-11-13)28(23(31)22(19)30)17-10-14(25)5-6-16(17)26/h2-11,20,29H,1H3/b21-19+. The summed E-state index contributed by atoms with van der Waals surface area (Å²) in [6.07, 6.45) is 2.87. The van der Waals surface area contributed by atoms with Crippen LogP contribution in [-0.4, -0.2) is 28.9 Å². The van der Waals surface area contributed by atoms with Gasteiger partial charge in [-0.2, -0.15) is 0 Å². The fraction of sp³-hybridized carbons (Fsp3) is 0.0870. The van der Waals surface area contributed by atoms with Gasteiger partial charge < -0.3 is 9.84 Å². The first-order chi connectivity index (χ1) is 15.3. The second-order valence-corrected chi connectivity index (χ2v) is 7.75. The van der Waals surface area contributed by atoms with E-state index in [-0.39, 0.29) is 11.1 Å². The number of rotatable bonds is 4. The van der Waals surface area contributed by atoms with Crippen LogP contribution in [-0.2, 0) is 9.59 Å². The van der Waals surface area contributed by atoms with Crippen LogP contribution in [0.4, 0.5) is 14.5 Å². The molecule has 9 heteroatoms. The lowest BCUT2D eigenvalue weighted by atomic mass is 9.96. The van der Waals surface area contributed by atoms with Crippen molar-refractivity contribution in [2.75, 3.05) is 12.0 Å². The summed E-state index contributed by atoms with van der Waals surface area (Å²) in [7, 11) is 1.47. The summed E-state index contributed by atoms with van der Waals surface area (Å²) in [5.74, 6) is -3.79. The summed E-state index contributed by atoms with van der Waals surface area (Å²) >= 11 is 3.32. The highest BCUT2D eigenvalue weighted by Gasteiger charge is 2.48. The number of carbonyl (C=O) groups excluding carboxylic acids is 2. The molecule has 1 amide bonds. The molecule has 1 unspecified atom stereocenters. The van der Waals surface area contributed by atoms with Crippen molar-refractivity contribution < 1.29 is 28.2 Å². The number of carbonyl (C=O) groups is 2. The molecule has 2 aromatic carbocycles. The zero-order valence-electron chi connectivity index (χ0n) is 16.6. The normalized spacial score (nSPS) is 17.6. The molecular weight excluding hydrogens is 486 g/mol. The van der Waals surface area contributed by atoms with Crippen LogP contribution in [0.1, 0.15) is 17.2 Å². The van der Waals surface area contributed by atoms with Gasteiger partial charge >= 0.3 is 0 Å². The maximum atomic E-state index is 14.6. The van der Waals surface area contributed by atoms with Gasteiger partial charge in [0.2, 0.25) is 0 Å². The van der Waals surface area contributed by atoms with Gasteiger partial charge in [0.05, 0.1) is 28.9 Å². The van der Waals surface area contributed by atoms with E-state index < -0.39 is 40.8 Å². The van der Waals surface area contributed by atoms with Crippen molar-refractivity contribution in [2.45, 2.75) is 6.04 Å². The van der Waals surface area contributed by atoms with Crippen molar-refractivity contribution in [3.63, 3.8) is 0 Å². The van der Waals surface area contributed by atoms with Crippen LogP contribution in [0.3, 0.4) is 0 Å². The number of hydrogen-bond acceptors (Lipinski definition) is 5. The summed E-state index contributed by atoms with van der Waals surface area (Å²) in [6.45, 7) is 0. The third-order valence-electron chi connectivity index (χ3n) is 5.04. The lowest BCUT2D eigenvalue weighted by Crippen LogP contribution is -2.30. The summed E-state index contributed by atoms with van der Waals surface area (Å²) < 4.78 is 34.2. The molecule has 0 bridgehead atoms. The van der Waals surface area contributed by atoms with Gasteiger partial charge in [0.1, 0.15) is 23.1 Å². The molecule has 0 aliphatic carbocycles. The van der Waals surface area contributed by atoms with Gasteiger partial charge in [0, 0.05) is 24.0 Å². The molecule has 1 atom stereocenters. The summed E-state index contributed by atoms with van der Waals surface area (Å²) in [6, 6.07) is 9.12. The molecule has 2 heterocycles. The van der Waals surface area contributed by atoms with E-state index in [2.05, 4.69) is 20.9 Å². The van der Waals surface area contributed by atoms with E-state index in [0.29, 0.717) is 15.8 Å². The Balaban J connectivity index is 1.96. The number of halogens is 3. The van der Waals surface area contributed by atoms with Crippen LogP contribution in [0.2, 0.25) is 0 Å². The van der Waals surface area contributed by atoms with E-state index in [1.807, 2.05) is 0 Å². The van der Waals surface area contributed by atoms with Crippen LogP contribution < -0.4 is 9.64 Å². The Labute approximate surface area is 189 Å². The molecule has 3 aromatic rings. The number of aromatic nitrogens is 1. The van der Waals surface area contributed by atoms with Gasteiger partial charge in [-0.15, -0.1) is 0 Å². The number of pyridine rings is 1. The molecule has 1 aliphatic rings. The number of nitrogens with zero attached hydrogens (tertiary/aromatic N) is 2. The minimum atomic E-state index is -1.22. The number of ketones is 1. The Hall–Kier alpha value is -3.59. The fourth-order valence-corrected chi connectivity index (χ4v) is 4.11. The number of anilines is 1. The quantitative estimate of drug-likeness (QED) is 0.317. The molecule has 0 radical (unpaired) electrons. The summed E-state index contributed by atoms with van der Waals surface area (Å²) in [4.78, 5) is 30.8. The zero-order chi connectivity index (χ0) is 23.0. The zero-order valence-corrected chi connectivity index (χ0v) is 18.1. The first-order valence-corrected chi connectivity index (χ1v) is 10.1. The monoisotopic (exact) mass is 500 g/mol. The second kappa shape index (κ2) is 8.51. The average molecular weight is 501 g/mol. The minimum absolute atomic E-state index is 0.226. The molecule has 32 heavy (non-hydrogen) atoms. The SMILES string of the molecule is COc1ccc(/C(O)=C2\C(=O)C(=O)N(c3cc(F)ccc3F)C2c2cccnc2)cc1Br. The van der Waals surface area contributed by atoms with E-state index in [4.69, 9.17) is 4.74 Å². The molecule has 0 saturated carbocycles. The maximum Gasteiger partial charge on any atom is 0.300 e. The Kier molecular flexibility index (Phi) is 5.75. The van der Waals surface area contributed by atoms with Gasteiger partial charge in [0.25, 0.3) is 11.7 Å². The minimum Gasteiger partial charge on any atom is -0.507 e. The Morgan fingerprint density at radius 3 is 2.59 bits per heavy atom. The van der Waals surface area contributed by atoms with Crippen LogP contribution in [0, 0.1) is 11.6 Å². The van der Waals surface area contributed by atoms with Crippen LogP contribution in [0.15, 0.2) is 71.0 Å². The molecule has 1 fully saturated rings. The number of aliphatic hydroxyl groups is 1. The van der Waals surface area contributed by atoms with Crippen molar-refractivity contribution in [3.8, 4) is 5.75 Å². The highest BCUT2D eigenvalue weighted by molar-refractivity contribution is 9.10. The fourth-order valence-electron chi connectivity index (χ4n) is 3.57. The van der Waals surface area contributed by atoms with Crippen molar-refractivity contribution in [1.29, 1.82) is 0 Å². The average Bonchev–Trinajstić information content (AvgIpc) is 3.06. The number of benzene rings is 2. The number of hydrogen-bond donors (Lipinski definition) is 1. The largest absolute Gasteiger partial charge is 0.507 e. The highest BCUT2D eigenvalue weighted by Crippen LogP contribution is 2.43. The number of amides is 1. The molecule has 1 N–H and O–H groups in total. The molecule has 6 nitrogen and oxygen atoms in total. The third-order valence-corrected chi connectivity index (χ3v) is 5.66. The molecule has 1 aliphatic heterocycles. The van der Waals surface area contributed by atoms with E-state index in [1.165, 1.54) is 31.6 Å². The van der Waals surface area contributed by atoms with Crippen molar-refractivity contribution in [1.82, 2.24) is 4.98 Å². The number of ether oxygens (including phenoxy) is 1. The van der Waals surface area contributed by atoms with E-state index in [1.54, 1.807) is 18.2 Å². The number of aliphatic hydroxyl groups excluding tert-OH is 1. The van der Waals surface area contributed by atoms with Gasteiger partial charge in [-0.25, -0.2) is 8.78 Å². The van der Waals surface area contributed by atoms with E-state index >= 15 is 0 Å². The molecular formula is C23H15BrF2N2O4. The number of methoxy groups -OCH3 is 1. The van der Waals surface area contributed by atoms with Gasteiger partial charge in [0.15, 0.2) is 0 Å². The van der Waals surface area contributed by atoms with E-state index in [0.717, 1.165) is 23.1 Å². The van der Waals surface area contributed by atoms with E-state index in [9.17, 15) is 23.5 Å². The number of Topliss-reactive ketones (excluding diaryl/α,β-unsaturated/α-hetero) is 1. The lowest BCUT2D eigenvalue weighted by molar-refractivity contribution is -0.132. The second-order valence-electron chi connectivity index (χ2n) is 6.90. The van der Waals surface area contributed by atoms with Crippen LogP contribution in [0.25, 0.3) is 5.76 Å². The third kappa shape index (κ3) is 3.64. The van der Waals surface area contributed by atoms with Gasteiger partial charge in [-0.1, -0.05) is 6.07 Å². The van der Waals surface area contributed by atoms with Gasteiger partial charge in [-0.05, 0) is 57.9 Å². The smallest absolute Gasteiger partial charge is 0.300 e. The maximum absolute atomic E-state index is 14.6. The molecule has 4 rings (SSSR count). The van der Waals surface area contributed by atoms with Crippen molar-refractivity contribution >= 4 is 39.1 Å². The Morgan fingerprint density at radius 2 is 1.94 bits per heavy atom. The highest BCUT2D eigenvalue weighted by atomic mass is 79.9. The topological polar surface area (TPSA) is 79.7 Å². The van der Waals surface area contributed by atoms with Crippen molar-refractivity contribution in [2.24, 2.45) is 0 Å². The Bertz CT molecular complexity index is 1260. The van der Waals surface area contributed by atoms with Crippen LogP contribution in [0.5, 0.6) is 5.75 Å². The first kappa shape index (κ1) is 21.6. The Morgan fingerprint density at radius 1 is 1.16 bits per heavy atom. The molecule has 1 saturated heterocycles.